The SMILES string of the molecule is CC(Cc1ccsc1)NC(=O)C1CCC(C(=O)O)CC1. The van der Waals surface area contributed by atoms with Crippen molar-refractivity contribution in [3.8, 4) is 0 Å². The minimum atomic E-state index is -0.727. The van der Waals surface area contributed by atoms with Gasteiger partial charge >= 0.3 is 5.97 Å². The van der Waals surface area contributed by atoms with Gasteiger partial charge in [0.2, 0.25) is 5.91 Å². The van der Waals surface area contributed by atoms with Crippen molar-refractivity contribution in [3.63, 3.8) is 0 Å². The summed E-state index contributed by atoms with van der Waals surface area (Å²) in [5.74, 6) is -0.927. The van der Waals surface area contributed by atoms with Gasteiger partial charge in [0.05, 0.1) is 5.92 Å². The van der Waals surface area contributed by atoms with E-state index in [2.05, 4.69) is 16.8 Å². The maximum atomic E-state index is 12.2. The molecule has 0 bridgehead atoms. The summed E-state index contributed by atoms with van der Waals surface area (Å²) in [4.78, 5) is 23.0. The highest BCUT2D eigenvalue weighted by Gasteiger charge is 2.30. The van der Waals surface area contributed by atoms with E-state index in [1.165, 1.54) is 5.56 Å². The molecule has 1 aromatic heterocycles. The van der Waals surface area contributed by atoms with Gasteiger partial charge in [0, 0.05) is 12.0 Å². The summed E-state index contributed by atoms with van der Waals surface area (Å²) in [5.41, 5.74) is 1.25. The van der Waals surface area contributed by atoms with E-state index in [0.29, 0.717) is 25.7 Å². The lowest BCUT2D eigenvalue weighted by atomic mass is 9.81. The third kappa shape index (κ3) is 4.07. The van der Waals surface area contributed by atoms with Crippen molar-refractivity contribution in [2.24, 2.45) is 11.8 Å². The Balaban J connectivity index is 1.76. The Bertz CT molecular complexity index is 450. The van der Waals surface area contributed by atoms with E-state index in [-0.39, 0.29) is 23.8 Å². The van der Waals surface area contributed by atoms with Crippen molar-refractivity contribution in [3.05, 3.63) is 22.4 Å². The molecule has 0 aromatic carbocycles. The maximum Gasteiger partial charge on any atom is 0.306 e. The predicted octanol–water partition coefficient (Wildman–Crippen LogP) is 2.69. The fraction of sp³-hybridized carbons (Fsp3) is 0.600. The molecule has 1 saturated carbocycles. The molecule has 1 amide bonds. The summed E-state index contributed by atoms with van der Waals surface area (Å²) in [6.07, 6.45) is 3.46. The van der Waals surface area contributed by atoms with Gasteiger partial charge in [-0.2, -0.15) is 11.3 Å². The topological polar surface area (TPSA) is 66.4 Å². The molecule has 1 aliphatic carbocycles. The highest BCUT2D eigenvalue weighted by Crippen LogP contribution is 2.29. The lowest BCUT2D eigenvalue weighted by Gasteiger charge is -2.26. The summed E-state index contributed by atoms with van der Waals surface area (Å²) >= 11 is 1.66. The molecule has 5 heteroatoms. The van der Waals surface area contributed by atoms with Crippen molar-refractivity contribution in [2.45, 2.75) is 45.1 Å². The van der Waals surface area contributed by atoms with E-state index in [0.717, 1.165) is 6.42 Å². The number of carbonyl (C=O) groups excluding carboxylic acids is 1. The number of amides is 1. The molecule has 1 heterocycles. The molecular formula is C15H21NO3S. The van der Waals surface area contributed by atoms with Gasteiger partial charge < -0.3 is 10.4 Å². The predicted molar refractivity (Wildman–Crippen MR) is 78.7 cm³/mol. The first-order chi connectivity index (χ1) is 9.56. The number of hydrogen-bond acceptors (Lipinski definition) is 3. The molecule has 2 rings (SSSR count). The first-order valence-corrected chi connectivity index (χ1v) is 8.04. The highest BCUT2D eigenvalue weighted by atomic mass is 32.1. The average molecular weight is 295 g/mol. The van der Waals surface area contributed by atoms with Crippen LogP contribution in [0, 0.1) is 11.8 Å². The average Bonchev–Trinajstić information content (AvgIpc) is 2.91. The smallest absolute Gasteiger partial charge is 0.306 e. The number of nitrogens with one attached hydrogen (secondary N) is 1. The third-order valence-corrected chi connectivity index (χ3v) is 4.69. The Labute approximate surface area is 123 Å². The minimum absolute atomic E-state index is 0.0180. The molecule has 110 valence electrons. The maximum absolute atomic E-state index is 12.2. The van der Waals surface area contributed by atoms with Crippen molar-refractivity contribution in [1.29, 1.82) is 0 Å². The van der Waals surface area contributed by atoms with E-state index in [1.807, 2.05) is 12.3 Å². The second-order valence-electron chi connectivity index (χ2n) is 5.63. The first-order valence-electron chi connectivity index (χ1n) is 7.10. The zero-order valence-electron chi connectivity index (χ0n) is 11.7. The van der Waals surface area contributed by atoms with Gasteiger partial charge in [0.25, 0.3) is 0 Å². The molecule has 0 aliphatic heterocycles. The molecule has 2 N–H and O–H groups in total. The number of carboxylic acids is 1. The van der Waals surface area contributed by atoms with Crippen LogP contribution in [-0.2, 0) is 16.0 Å². The Hall–Kier alpha value is -1.36. The monoisotopic (exact) mass is 295 g/mol. The molecule has 1 aliphatic rings. The molecule has 0 radical (unpaired) electrons. The number of carboxylic acid groups (broad SMARTS) is 1. The van der Waals surface area contributed by atoms with Gasteiger partial charge in [-0.15, -0.1) is 0 Å². The van der Waals surface area contributed by atoms with Crippen molar-refractivity contribution in [2.75, 3.05) is 0 Å². The Morgan fingerprint density at radius 2 is 2.00 bits per heavy atom. The second-order valence-corrected chi connectivity index (χ2v) is 6.41. The fourth-order valence-corrected chi connectivity index (χ4v) is 3.46. The molecular weight excluding hydrogens is 274 g/mol. The van der Waals surface area contributed by atoms with Crippen LogP contribution in [0.25, 0.3) is 0 Å². The van der Waals surface area contributed by atoms with E-state index >= 15 is 0 Å². The lowest BCUT2D eigenvalue weighted by molar-refractivity contribution is -0.144. The summed E-state index contributed by atoms with van der Waals surface area (Å²) in [7, 11) is 0. The number of aliphatic carboxylic acids is 1. The first kappa shape index (κ1) is 15.0. The molecule has 1 unspecified atom stereocenters. The summed E-state index contributed by atoms with van der Waals surface area (Å²) in [6.45, 7) is 2.01. The number of thiophene rings is 1. The van der Waals surface area contributed by atoms with E-state index < -0.39 is 5.97 Å². The third-order valence-electron chi connectivity index (χ3n) is 3.96. The van der Waals surface area contributed by atoms with Crippen LogP contribution in [0.15, 0.2) is 16.8 Å². The van der Waals surface area contributed by atoms with Crippen molar-refractivity contribution in [1.82, 2.24) is 5.32 Å². The van der Waals surface area contributed by atoms with Crippen molar-refractivity contribution >= 4 is 23.2 Å². The molecule has 1 atom stereocenters. The van der Waals surface area contributed by atoms with Crippen LogP contribution in [0.3, 0.4) is 0 Å². The zero-order valence-corrected chi connectivity index (χ0v) is 12.5. The quantitative estimate of drug-likeness (QED) is 0.877. The van der Waals surface area contributed by atoms with Crippen LogP contribution in [0.2, 0.25) is 0 Å². The molecule has 1 fully saturated rings. The highest BCUT2D eigenvalue weighted by molar-refractivity contribution is 7.07. The van der Waals surface area contributed by atoms with Gasteiger partial charge in [0.15, 0.2) is 0 Å². The van der Waals surface area contributed by atoms with Crippen molar-refractivity contribution < 1.29 is 14.7 Å². The zero-order chi connectivity index (χ0) is 14.5. The number of hydrogen-bond donors (Lipinski definition) is 2. The van der Waals surface area contributed by atoms with E-state index in [9.17, 15) is 9.59 Å². The minimum Gasteiger partial charge on any atom is -0.481 e. The Kier molecular flexibility index (Phi) is 5.17. The molecule has 1 aromatic rings. The van der Waals surface area contributed by atoms with Crippen LogP contribution < -0.4 is 5.32 Å². The van der Waals surface area contributed by atoms with Gasteiger partial charge in [-0.1, -0.05) is 0 Å². The van der Waals surface area contributed by atoms with Crippen LogP contribution >= 0.6 is 11.3 Å². The van der Waals surface area contributed by atoms with E-state index in [1.54, 1.807) is 11.3 Å². The van der Waals surface area contributed by atoms with Crippen LogP contribution in [0.1, 0.15) is 38.2 Å². The standard InChI is InChI=1S/C15H21NO3S/c1-10(8-11-6-7-20-9-11)16-14(17)12-2-4-13(5-3-12)15(18)19/h6-7,9-10,12-13H,2-5,8H2,1H3,(H,16,17)(H,18,19). The molecule has 4 nitrogen and oxygen atoms in total. The number of rotatable bonds is 5. The Morgan fingerprint density at radius 1 is 1.35 bits per heavy atom. The Morgan fingerprint density at radius 3 is 2.55 bits per heavy atom. The van der Waals surface area contributed by atoms with Gasteiger partial charge in [-0.05, 0) is 61.4 Å². The molecule has 20 heavy (non-hydrogen) atoms. The number of carbonyl (C=O) groups is 2. The largest absolute Gasteiger partial charge is 0.481 e. The van der Waals surface area contributed by atoms with Gasteiger partial charge in [0.1, 0.15) is 0 Å². The molecule has 0 spiro atoms. The summed E-state index contributed by atoms with van der Waals surface area (Å²) in [6, 6.07) is 2.19. The fourth-order valence-electron chi connectivity index (χ4n) is 2.78. The van der Waals surface area contributed by atoms with Crippen LogP contribution in [0.5, 0.6) is 0 Å². The van der Waals surface area contributed by atoms with E-state index in [4.69, 9.17) is 5.11 Å². The van der Waals surface area contributed by atoms with Crippen LogP contribution in [-0.4, -0.2) is 23.0 Å². The molecule has 0 saturated heterocycles. The summed E-state index contributed by atoms with van der Waals surface area (Å²) in [5, 5.41) is 16.1. The van der Waals surface area contributed by atoms with Gasteiger partial charge in [-0.3, -0.25) is 9.59 Å². The van der Waals surface area contributed by atoms with Gasteiger partial charge in [-0.25, -0.2) is 0 Å². The lowest BCUT2D eigenvalue weighted by Crippen LogP contribution is -2.40. The van der Waals surface area contributed by atoms with Crippen LogP contribution in [0.4, 0.5) is 0 Å². The summed E-state index contributed by atoms with van der Waals surface area (Å²) < 4.78 is 0. The second kappa shape index (κ2) is 6.88. The normalized spacial score (nSPS) is 24.1.